The van der Waals surface area contributed by atoms with E-state index in [-0.39, 0.29) is 11.9 Å². The van der Waals surface area contributed by atoms with Crippen LogP contribution >= 0.6 is 0 Å². The first-order valence-corrected chi connectivity index (χ1v) is 13.5. The molecule has 0 aromatic carbocycles. The van der Waals surface area contributed by atoms with E-state index in [0.717, 1.165) is 0 Å². The molecule has 4 rings (SSSR count). The first kappa shape index (κ1) is 28.6. The smallest absolute Gasteiger partial charge is 0.458 e. The fraction of sp³-hybridized carbons (Fsp3) is 0.893. The second kappa shape index (κ2) is 9.39. The molecule has 36 heavy (non-hydrogen) atoms. The van der Waals surface area contributed by atoms with Crippen LogP contribution in [0.2, 0.25) is 0 Å². The summed E-state index contributed by atoms with van der Waals surface area (Å²) in [6.45, 7) is 16.9. The van der Waals surface area contributed by atoms with Crippen molar-refractivity contribution in [1.29, 1.82) is 0 Å². The van der Waals surface area contributed by atoms with Crippen molar-refractivity contribution in [3.05, 3.63) is 0 Å². The van der Waals surface area contributed by atoms with Crippen LogP contribution in [0.25, 0.3) is 0 Å². The first-order valence-electron chi connectivity index (χ1n) is 13.5. The van der Waals surface area contributed by atoms with Crippen LogP contribution in [0.1, 0.15) is 120 Å². The average molecular weight is 511 g/mol. The highest BCUT2D eigenvalue weighted by Crippen LogP contribution is 2.63. The number of rotatable bonds is 9. The summed E-state index contributed by atoms with van der Waals surface area (Å²) in [6, 6.07) is 0. The standard InChI is InChI=1S/C28H46O8/c1-10-23(4,5)20(29)32-26-13-19-14-27(16-26,35-21(30)33-24(6,7)11-2)18-28(15-19,17-26)36-22(31)34-25(8,9)12-3/h19H,10-18H2,1-9H3. The maximum atomic E-state index is 13.2. The van der Waals surface area contributed by atoms with Gasteiger partial charge in [0, 0.05) is 19.3 Å². The molecular weight excluding hydrogens is 464 g/mol. The molecule has 2 atom stereocenters. The summed E-state index contributed by atoms with van der Waals surface area (Å²) >= 11 is 0. The lowest BCUT2D eigenvalue weighted by Crippen LogP contribution is -2.69. The van der Waals surface area contributed by atoms with Crippen LogP contribution in [-0.2, 0) is 28.5 Å². The molecule has 0 saturated heterocycles. The monoisotopic (exact) mass is 510 g/mol. The van der Waals surface area contributed by atoms with Gasteiger partial charge in [0.25, 0.3) is 0 Å². The van der Waals surface area contributed by atoms with Crippen molar-refractivity contribution >= 4 is 18.3 Å². The number of hydrogen-bond donors (Lipinski definition) is 0. The number of carbonyl (C=O) groups is 3. The molecule has 0 N–H and O–H groups in total. The molecular formula is C28H46O8. The summed E-state index contributed by atoms with van der Waals surface area (Å²) in [5.74, 6) is -0.223. The van der Waals surface area contributed by atoms with Crippen LogP contribution in [0.4, 0.5) is 9.59 Å². The summed E-state index contributed by atoms with van der Waals surface area (Å²) in [5.41, 5.74) is -4.77. The number of carbonyl (C=O) groups excluding carboxylic acids is 3. The van der Waals surface area contributed by atoms with Gasteiger partial charge >= 0.3 is 18.3 Å². The Morgan fingerprint density at radius 1 is 0.639 bits per heavy atom. The van der Waals surface area contributed by atoms with Crippen LogP contribution in [0.15, 0.2) is 0 Å². The third-order valence-corrected chi connectivity index (χ3v) is 8.68. The van der Waals surface area contributed by atoms with Crippen LogP contribution in [0.3, 0.4) is 0 Å². The second-order valence-electron chi connectivity index (χ2n) is 13.3. The number of ether oxygens (including phenoxy) is 5. The third kappa shape index (κ3) is 6.10. The average Bonchev–Trinajstić information content (AvgIpc) is 2.70. The minimum absolute atomic E-state index is 0.0674. The molecule has 0 aromatic heterocycles. The van der Waals surface area contributed by atoms with Gasteiger partial charge in [-0.1, -0.05) is 20.8 Å². The van der Waals surface area contributed by atoms with Crippen molar-refractivity contribution in [3.63, 3.8) is 0 Å². The SMILES string of the molecule is CCC(C)(C)OC(=O)OC12CC3CC(OC(=O)OC(C)(C)CC)(C1)CC(OC(=O)C(C)(C)CC)(C3)C2. The van der Waals surface area contributed by atoms with Crippen LogP contribution in [-0.4, -0.2) is 46.3 Å². The lowest BCUT2D eigenvalue weighted by atomic mass is 9.50. The lowest BCUT2D eigenvalue weighted by molar-refractivity contribution is -0.270. The zero-order valence-corrected chi connectivity index (χ0v) is 23.7. The summed E-state index contributed by atoms with van der Waals surface area (Å²) < 4.78 is 29.6. The van der Waals surface area contributed by atoms with Crippen molar-refractivity contribution in [2.45, 2.75) is 148 Å². The Morgan fingerprint density at radius 3 is 1.33 bits per heavy atom. The molecule has 0 aliphatic heterocycles. The second-order valence-corrected chi connectivity index (χ2v) is 13.3. The maximum absolute atomic E-state index is 13.2. The molecule has 4 aliphatic carbocycles. The molecule has 4 fully saturated rings. The third-order valence-electron chi connectivity index (χ3n) is 8.68. The largest absolute Gasteiger partial charge is 0.509 e. The van der Waals surface area contributed by atoms with E-state index in [2.05, 4.69) is 0 Å². The van der Waals surface area contributed by atoms with Crippen LogP contribution in [0, 0.1) is 11.3 Å². The van der Waals surface area contributed by atoms with Crippen molar-refractivity contribution < 1.29 is 38.1 Å². The Bertz CT molecular complexity index is 825. The van der Waals surface area contributed by atoms with E-state index in [0.29, 0.717) is 57.8 Å². The molecule has 206 valence electrons. The molecule has 0 radical (unpaired) electrons. The maximum Gasteiger partial charge on any atom is 0.509 e. The quantitative estimate of drug-likeness (QED) is 0.245. The summed E-state index contributed by atoms with van der Waals surface area (Å²) in [7, 11) is 0. The minimum atomic E-state index is -0.947. The molecule has 4 bridgehead atoms. The Hall–Kier alpha value is -1.99. The molecule has 0 amide bonds. The summed E-state index contributed by atoms with van der Waals surface area (Å²) in [5, 5.41) is 0. The molecule has 0 aromatic rings. The van der Waals surface area contributed by atoms with Gasteiger partial charge in [0.1, 0.15) is 28.0 Å². The molecule has 8 nitrogen and oxygen atoms in total. The van der Waals surface area contributed by atoms with E-state index < -0.39 is 45.7 Å². The lowest BCUT2D eigenvalue weighted by Gasteiger charge is -2.63. The van der Waals surface area contributed by atoms with Crippen molar-refractivity contribution in [2.24, 2.45) is 11.3 Å². The molecule has 0 heterocycles. The molecule has 0 spiro atoms. The van der Waals surface area contributed by atoms with Gasteiger partial charge in [0.15, 0.2) is 0 Å². The fourth-order valence-electron chi connectivity index (χ4n) is 5.99. The minimum Gasteiger partial charge on any atom is -0.458 e. The zero-order chi connectivity index (χ0) is 27.2. The molecule has 4 saturated carbocycles. The summed E-state index contributed by atoms with van der Waals surface area (Å²) in [4.78, 5) is 39.0. The van der Waals surface area contributed by atoms with E-state index in [1.165, 1.54) is 0 Å². The highest BCUT2D eigenvalue weighted by atomic mass is 16.8. The predicted octanol–water partition coefficient (Wildman–Crippen LogP) is 6.86. The van der Waals surface area contributed by atoms with Gasteiger partial charge in [-0.15, -0.1) is 0 Å². The van der Waals surface area contributed by atoms with E-state index in [1.807, 2.05) is 62.3 Å². The topological polar surface area (TPSA) is 97.4 Å². The Balaban J connectivity index is 1.91. The summed E-state index contributed by atoms with van der Waals surface area (Å²) in [6.07, 6.45) is 3.36. The van der Waals surface area contributed by atoms with Gasteiger partial charge in [0.05, 0.1) is 5.41 Å². The molecule has 2 unspecified atom stereocenters. The molecule has 4 aliphatic rings. The van der Waals surface area contributed by atoms with Gasteiger partial charge in [-0.3, -0.25) is 4.79 Å². The van der Waals surface area contributed by atoms with E-state index in [1.54, 1.807) is 0 Å². The Kier molecular flexibility index (Phi) is 7.46. The van der Waals surface area contributed by atoms with Crippen LogP contribution < -0.4 is 0 Å². The number of esters is 1. The normalized spacial score (nSPS) is 31.5. The van der Waals surface area contributed by atoms with Crippen molar-refractivity contribution in [2.75, 3.05) is 0 Å². The van der Waals surface area contributed by atoms with E-state index in [4.69, 9.17) is 23.7 Å². The highest BCUT2D eigenvalue weighted by molar-refractivity contribution is 5.76. The Labute approximate surface area is 216 Å². The first-order chi connectivity index (χ1) is 16.4. The van der Waals surface area contributed by atoms with Crippen molar-refractivity contribution in [1.82, 2.24) is 0 Å². The number of hydrogen-bond acceptors (Lipinski definition) is 8. The highest BCUT2D eigenvalue weighted by Gasteiger charge is 2.69. The molecule has 8 heteroatoms. The Morgan fingerprint density at radius 2 is 1.00 bits per heavy atom. The van der Waals surface area contributed by atoms with Gasteiger partial charge in [-0.25, -0.2) is 9.59 Å². The van der Waals surface area contributed by atoms with Crippen molar-refractivity contribution in [3.8, 4) is 0 Å². The van der Waals surface area contributed by atoms with Gasteiger partial charge < -0.3 is 23.7 Å². The van der Waals surface area contributed by atoms with E-state index in [9.17, 15) is 14.4 Å². The van der Waals surface area contributed by atoms with Crippen LogP contribution in [0.5, 0.6) is 0 Å². The van der Waals surface area contributed by atoms with E-state index >= 15 is 0 Å². The van der Waals surface area contributed by atoms with Gasteiger partial charge in [-0.05, 0) is 86.0 Å². The van der Waals surface area contributed by atoms with Gasteiger partial charge in [0.2, 0.25) is 0 Å². The van der Waals surface area contributed by atoms with Gasteiger partial charge in [-0.2, -0.15) is 0 Å². The fourth-order valence-corrected chi connectivity index (χ4v) is 5.99. The predicted molar refractivity (Wildman–Crippen MR) is 133 cm³/mol. The zero-order valence-electron chi connectivity index (χ0n) is 23.7.